The van der Waals surface area contributed by atoms with Crippen molar-refractivity contribution in [2.75, 3.05) is 0 Å². The van der Waals surface area contributed by atoms with E-state index in [-0.39, 0.29) is 0 Å². The molecule has 92 valence electrons. The highest BCUT2D eigenvalue weighted by molar-refractivity contribution is 7.19. The molecule has 0 spiro atoms. The Morgan fingerprint density at radius 2 is 1.94 bits per heavy atom. The molecular weight excluding hydrogens is 250 g/mol. The standard InChI is InChI=1S/C14H18ClNS/c1-9(2)10(3)16-8-13-14(15)11-6-4-5-7-12(11)17-13/h4-7,9-10,16H,8H2,1-3H3. The second-order valence-electron chi connectivity index (χ2n) is 4.75. The predicted octanol–water partition coefficient (Wildman–Crippen LogP) is 4.69. The lowest BCUT2D eigenvalue weighted by Crippen LogP contribution is -2.29. The van der Waals surface area contributed by atoms with E-state index in [4.69, 9.17) is 11.6 Å². The van der Waals surface area contributed by atoms with Crippen LogP contribution >= 0.6 is 22.9 Å². The summed E-state index contributed by atoms with van der Waals surface area (Å²) in [7, 11) is 0. The van der Waals surface area contributed by atoms with Gasteiger partial charge in [0.25, 0.3) is 0 Å². The number of hydrogen-bond donors (Lipinski definition) is 1. The average molecular weight is 268 g/mol. The lowest BCUT2D eigenvalue weighted by atomic mass is 10.1. The Bertz CT molecular complexity index is 504. The minimum absolute atomic E-state index is 0.510. The first-order valence-electron chi connectivity index (χ1n) is 5.99. The van der Waals surface area contributed by atoms with Gasteiger partial charge in [-0.2, -0.15) is 0 Å². The Morgan fingerprint density at radius 3 is 2.59 bits per heavy atom. The summed E-state index contributed by atoms with van der Waals surface area (Å²) in [4.78, 5) is 1.24. The van der Waals surface area contributed by atoms with Gasteiger partial charge in [0.05, 0.1) is 5.02 Å². The monoisotopic (exact) mass is 267 g/mol. The van der Waals surface area contributed by atoms with Crippen LogP contribution < -0.4 is 5.32 Å². The van der Waals surface area contributed by atoms with Gasteiger partial charge in [0.1, 0.15) is 0 Å². The van der Waals surface area contributed by atoms with Gasteiger partial charge in [-0.15, -0.1) is 11.3 Å². The van der Waals surface area contributed by atoms with E-state index in [0.717, 1.165) is 11.6 Å². The number of fused-ring (bicyclic) bond motifs is 1. The Kier molecular flexibility index (Phi) is 4.08. The van der Waals surface area contributed by atoms with E-state index < -0.39 is 0 Å². The molecule has 1 aromatic heterocycles. The van der Waals surface area contributed by atoms with Crippen molar-refractivity contribution in [3.8, 4) is 0 Å². The van der Waals surface area contributed by atoms with Crippen LogP contribution in [0.4, 0.5) is 0 Å². The summed E-state index contributed by atoms with van der Waals surface area (Å²) in [5.41, 5.74) is 0. The van der Waals surface area contributed by atoms with Crippen molar-refractivity contribution in [1.82, 2.24) is 5.32 Å². The van der Waals surface area contributed by atoms with Gasteiger partial charge in [-0.05, 0) is 18.9 Å². The van der Waals surface area contributed by atoms with Gasteiger partial charge in [-0.3, -0.25) is 0 Å². The van der Waals surface area contributed by atoms with Crippen molar-refractivity contribution < 1.29 is 0 Å². The number of thiophene rings is 1. The van der Waals surface area contributed by atoms with E-state index in [1.165, 1.54) is 15.0 Å². The van der Waals surface area contributed by atoms with Gasteiger partial charge >= 0.3 is 0 Å². The largest absolute Gasteiger partial charge is 0.309 e. The number of nitrogens with one attached hydrogen (secondary N) is 1. The van der Waals surface area contributed by atoms with Gasteiger partial charge in [0.2, 0.25) is 0 Å². The highest BCUT2D eigenvalue weighted by Crippen LogP contribution is 2.35. The predicted molar refractivity (Wildman–Crippen MR) is 78.0 cm³/mol. The molecule has 2 aromatic rings. The van der Waals surface area contributed by atoms with Crippen molar-refractivity contribution in [1.29, 1.82) is 0 Å². The Balaban J connectivity index is 2.16. The van der Waals surface area contributed by atoms with Crippen LogP contribution in [0.3, 0.4) is 0 Å². The molecule has 0 amide bonds. The Hall–Kier alpha value is -0.570. The summed E-state index contributed by atoms with van der Waals surface area (Å²) in [5, 5.41) is 5.61. The molecule has 1 aromatic carbocycles. The van der Waals surface area contributed by atoms with E-state index in [1.54, 1.807) is 11.3 Å². The van der Waals surface area contributed by atoms with E-state index in [2.05, 4.69) is 44.3 Å². The van der Waals surface area contributed by atoms with E-state index >= 15 is 0 Å². The molecule has 1 atom stereocenters. The molecule has 3 heteroatoms. The zero-order valence-corrected chi connectivity index (χ0v) is 12.0. The van der Waals surface area contributed by atoms with Gasteiger partial charge in [-0.25, -0.2) is 0 Å². The van der Waals surface area contributed by atoms with Crippen LogP contribution in [0.1, 0.15) is 25.6 Å². The van der Waals surface area contributed by atoms with Crippen LogP contribution in [0.25, 0.3) is 10.1 Å². The quantitative estimate of drug-likeness (QED) is 0.848. The lowest BCUT2D eigenvalue weighted by Gasteiger charge is -2.16. The van der Waals surface area contributed by atoms with Crippen LogP contribution in [-0.4, -0.2) is 6.04 Å². The summed E-state index contributed by atoms with van der Waals surface area (Å²) < 4.78 is 1.27. The van der Waals surface area contributed by atoms with Crippen LogP contribution in [0.15, 0.2) is 24.3 Å². The normalized spacial score (nSPS) is 13.5. The number of rotatable bonds is 4. The van der Waals surface area contributed by atoms with Gasteiger partial charge in [0, 0.05) is 27.5 Å². The maximum Gasteiger partial charge on any atom is 0.0636 e. The first-order chi connectivity index (χ1) is 8.09. The summed E-state index contributed by atoms with van der Waals surface area (Å²) in [6.45, 7) is 7.53. The van der Waals surface area contributed by atoms with Crippen molar-refractivity contribution in [3.63, 3.8) is 0 Å². The molecule has 1 unspecified atom stereocenters. The third kappa shape index (κ3) is 2.82. The molecule has 0 bridgehead atoms. The lowest BCUT2D eigenvalue weighted by molar-refractivity contribution is 0.428. The molecule has 0 saturated heterocycles. The van der Waals surface area contributed by atoms with E-state index in [0.29, 0.717) is 12.0 Å². The van der Waals surface area contributed by atoms with E-state index in [9.17, 15) is 0 Å². The molecule has 1 heterocycles. The van der Waals surface area contributed by atoms with Crippen LogP contribution in [0.5, 0.6) is 0 Å². The molecule has 0 aliphatic carbocycles. The summed E-state index contributed by atoms with van der Waals surface area (Å²) in [5.74, 6) is 0.642. The van der Waals surface area contributed by atoms with E-state index in [1.807, 2.05) is 6.07 Å². The minimum Gasteiger partial charge on any atom is -0.309 e. The number of hydrogen-bond acceptors (Lipinski definition) is 2. The van der Waals surface area contributed by atoms with Gasteiger partial charge in [0.15, 0.2) is 0 Å². The zero-order chi connectivity index (χ0) is 12.4. The van der Waals surface area contributed by atoms with Crippen LogP contribution in [0.2, 0.25) is 5.02 Å². The van der Waals surface area contributed by atoms with Gasteiger partial charge < -0.3 is 5.32 Å². The Labute approximate surface area is 112 Å². The molecule has 0 aliphatic heterocycles. The van der Waals surface area contributed by atoms with Crippen LogP contribution in [0, 0.1) is 5.92 Å². The molecule has 1 N–H and O–H groups in total. The first kappa shape index (κ1) is 12.9. The fourth-order valence-electron chi connectivity index (χ4n) is 1.67. The fraction of sp³-hybridized carbons (Fsp3) is 0.429. The van der Waals surface area contributed by atoms with Crippen molar-refractivity contribution in [3.05, 3.63) is 34.2 Å². The maximum absolute atomic E-state index is 6.39. The third-order valence-corrected chi connectivity index (χ3v) is 4.90. The van der Waals surface area contributed by atoms with Crippen LogP contribution in [-0.2, 0) is 6.54 Å². The first-order valence-corrected chi connectivity index (χ1v) is 7.18. The minimum atomic E-state index is 0.510. The summed E-state index contributed by atoms with van der Waals surface area (Å²) >= 11 is 8.17. The fourth-order valence-corrected chi connectivity index (χ4v) is 3.12. The van der Waals surface area contributed by atoms with Crippen molar-refractivity contribution in [2.24, 2.45) is 5.92 Å². The summed E-state index contributed by atoms with van der Waals surface area (Å²) in [6.07, 6.45) is 0. The third-order valence-electron chi connectivity index (χ3n) is 3.19. The average Bonchev–Trinajstić information content (AvgIpc) is 2.64. The molecular formula is C14H18ClNS. The van der Waals surface area contributed by atoms with Crippen molar-refractivity contribution in [2.45, 2.75) is 33.4 Å². The Morgan fingerprint density at radius 1 is 1.24 bits per heavy atom. The zero-order valence-electron chi connectivity index (χ0n) is 10.5. The topological polar surface area (TPSA) is 12.0 Å². The highest BCUT2D eigenvalue weighted by Gasteiger charge is 2.11. The molecule has 0 radical (unpaired) electrons. The molecule has 0 aliphatic rings. The number of benzene rings is 1. The molecule has 17 heavy (non-hydrogen) atoms. The van der Waals surface area contributed by atoms with Crippen molar-refractivity contribution >= 4 is 33.0 Å². The molecule has 0 fully saturated rings. The number of halogens is 1. The SMILES string of the molecule is CC(C)C(C)NCc1sc2ccccc2c1Cl. The second kappa shape index (κ2) is 5.38. The highest BCUT2D eigenvalue weighted by atomic mass is 35.5. The molecule has 0 saturated carbocycles. The maximum atomic E-state index is 6.39. The molecule has 2 rings (SSSR count). The molecule has 1 nitrogen and oxygen atoms in total. The van der Waals surface area contributed by atoms with Gasteiger partial charge in [-0.1, -0.05) is 43.6 Å². The second-order valence-corrected chi connectivity index (χ2v) is 6.26. The smallest absolute Gasteiger partial charge is 0.0636 e. The summed E-state index contributed by atoms with van der Waals surface area (Å²) in [6, 6.07) is 8.82.